The van der Waals surface area contributed by atoms with Gasteiger partial charge >= 0.3 is 12.1 Å². The first-order valence-corrected chi connectivity index (χ1v) is 9.02. The van der Waals surface area contributed by atoms with Crippen molar-refractivity contribution in [2.24, 2.45) is 0 Å². The molecule has 0 radical (unpaired) electrons. The first-order valence-electron chi connectivity index (χ1n) is 9.02. The van der Waals surface area contributed by atoms with Crippen LogP contribution in [0.2, 0.25) is 0 Å². The van der Waals surface area contributed by atoms with Gasteiger partial charge in [-0.3, -0.25) is 14.5 Å². The van der Waals surface area contributed by atoms with Gasteiger partial charge in [0.2, 0.25) is 0 Å². The average molecular weight is 374 g/mol. The van der Waals surface area contributed by atoms with Gasteiger partial charge in [-0.2, -0.15) is 0 Å². The Labute approximate surface area is 159 Å². The van der Waals surface area contributed by atoms with Gasteiger partial charge in [0, 0.05) is 32.7 Å². The molecule has 1 saturated heterocycles. The van der Waals surface area contributed by atoms with E-state index in [9.17, 15) is 14.4 Å². The number of methoxy groups -OCH3 is 1. The highest BCUT2D eigenvalue weighted by molar-refractivity contribution is 6.01. The van der Waals surface area contributed by atoms with Crippen molar-refractivity contribution < 1.29 is 23.9 Å². The summed E-state index contributed by atoms with van der Waals surface area (Å²) >= 11 is 0. The van der Waals surface area contributed by atoms with Gasteiger partial charge in [0.05, 0.1) is 7.11 Å². The van der Waals surface area contributed by atoms with E-state index in [1.54, 1.807) is 11.0 Å². The molecular formula is C20H26N2O5. The number of esters is 1. The van der Waals surface area contributed by atoms with Crippen LogP contribution in [0.25, 0.3) is 0 Å². The fraction of sp³-hybridized carbons (Fsp3) is 0.450. The van der Waals surface area contributed by atoms with Crippen LogP contribution in [-0.2, 0) is 25.7 Å². The molecule has 1 aromatic rings. The van der Waals surface area contributed by atoms with E-state index in [-0.39, 0.29) is 24.9 Å². The molecule has 0 N–H and O–H groups in total. The number of nitrogens with zero attached hydrogens (tertiary/aromatic N) is 2. The second-order valence-electron chi connectivity index (χ2n) is 6.28. The molecule has 7 heteroatoms. The Balaban J connectivity index is 1.61. The Bertz CT molecular complexity index is 652. The number of ether oxygens (including phenoxy) is 2. The van der Waals surface area contributed by atoms with E-state index >= 15 is 0 Å². The number of hydrogen-bond acceptors (Lipinski definition) is 6. The topological polar surface area (TPSA) is 76.2 Å². The summed E-state index contributed by atoms with van der Waals surface area (Å²) in [4.78, 5) is 38.5. The van der Waals surface area contributed by atoms with Gasteiger partial charge in [-0.15, -0.1) is 0 Å². The van der Waals surface area contributed by atoms with Crippen molar-refractivity contribution in [3.05, 3.63) is 48.0 Å². The zero-order chi connectivity index (χ0) is 19.5. The van der Waals surface area contributed by atoms with Crippen LogP contribution >= 0.6 is 0 Å². The highest BCUT2D eigenvalue weighted by atomic mass is 16.6. The maximum absolute atomic E-state index is 12.1. The first-order chi connectivity index (χ1) is 13.1. The molecule has 1 aliphatic heterocycles. The number of piperazine rings is 1. The Morgan fingerprint density at radius 1 is 1.07 bits per heavy atom. The monoisotopic (exact) mass is 374 g/mol. The number of carbonyl (C=O) groups excluding carboxylic acids is 3. The van der Waals surface area contributed by atoms with Crippen LogP contribution in [0, 0.1) is 0 Å². The molecule has 0 aliphatic carbocycles. The van der Waals surface area contributed by atoms with Gasteiger partial charge < -0.3 is 14.4 Å². The number of ketones is 1. The highest BCUT2D eigenvalue weighted by Gasteiger charge is 2.21. The molecule has 0 atom stereocenters. The number of hydrogen-bond donors (Lipinski definition) is 0. The molecule has 146 valence electrons. The van der Waals surface area contributed by atoms with Crippen LogP contribution in [0.1, 0.15) is 18.4 Å². The third-order valence-electron chi connectivity index (χ3n) is 4.30. The number of rotatable bonds is 8. The standard InChI is InChI=1S/C20H26N2O5/c1-26-19(24)15-18(23)9-5-6-10-21-11-13-22(14-12-21)20(25)27-16-17-7-3-2-4-8-17/h2-5,7-9H,6,10-16H2,1H3. The van der Waals surface area contributed by atoms with Crippen molar-refractivity contribution in [3.8, 4) is 0 Å². The minimum atomic E-state index is -0.528. The van der Waals surface area contributed by atoms with Crippen LogP contribution in [0.5, 0.6) is 0 Å². The fourth-order valence-corrected chi connectivity index (χ4v) is 2.71. The van der Waals surface area contributed by atoms with Crippen molar-refractivity contribution in [3.63, 3.8) is 0 Å². The van der Waals surface area contributed by atoms with Crippen molar-refractivity contribution >= 4 is 17.8 Å². The molecule has 0 spiro atoms. The lowest BCUT2D eigenvalue weighted by atomic mass is 10.2. The van der Waals surface area contributed by atoms with Crippen LogP contribution in [0.3, 0.4) is 0 Å². The average Bonchev–Trinajstić information content (AvgIpc) is 2.70. The minimum absolute atomic E-state index is 0.225. The van der Waals surface area contributed by atoms with E-state index in [4.69, 9.17) is 4.74 Å². The summed E-state index contributed by atoms with van der Waals surface area (Å²) in [5.41, 5.74) is 0.970. The van der Waals surface area contributed by atoms with Gasteiger partial charge in [0.25, 0.3) is 0 Å². The Morgan fingerprint density at radius 3 is 2.44 bits per heavy atom. The number of carbonyl (C=O) groups is 3. The molecule has 2 rings (SSSR count). The molecule has 1 aliphatic rings. The maximum Gasteiger partial charge on any atom is 0.410 e. The van der Waals surface area contributed by atoms with Gasteiger partial charge in [0.1, 0.15) is 13.0 Å². The lowest BCUT2D eigenvalue weighted by molar-refractivity contribution is -0.142. The van der Waals surface area contributed by atoms with Crippen molar-refractivity contribution in [1.82, 2.24) is 9.80 Å². The SMILES string of the molecule is COC(=O)CC(=O)C=CCCN1CCN(C(=O)OCc2ccccc2)CC1. The van der Waals surface area contributed by atoms with Crippen molar-refractivity contribution in [1.29, 1.82) is 0 Å². The molecule has 1 amide bonds. The smallest absolute Gasteiger partial charge is 0.410 e. The molecule has 0 aromatic heterocycles. The zero-order valence-electron chi connectivity index (χ0n) is 15.6. The van der Waals surface area contributed by atoms with Gasteiger partial charge in [-0.25, -0.2) is 4.79 Å². The molecule has 1 fully saturated rings. The fourth-order valence-electron chi connectivity index (χ4n) is 2.71. The Morgan fingerprint density at radius 2 is 1.78 bits per heavy atom. The predicted molar refractivity (Wildman–Crippen MR) is 100 cm³/mol. The molecule has 0 bridgehead atoms. The van der Waals surface area contributed by atoms with E-state index in [0.717, 1.165) is 25.2 Å². The quantitative estimate of drug-likeness (QED) is 0.394. The molecule has 0 saturated carbocycles. The Hall–Kier alpha value is -2.67. The van der Waals surface area contributed by atoms with E-state index in [1.807, 2.05) is 30.3 Å². The van der Waals surface area contributed by atoms with Crippen molar-refractivity contribution in [2.75, 3.05) is 39.8 Å². The minimum Gasteiger partial charge on any atom is -0.469 e. The predicted octanol–water partition coefficient (Wildman–Crippen LogP) is 2.02. The summed E-state index contributed by atoms with van der Waals surface area (Å²) < 4.78 is 9.80. The highest BCUT2D eigenvalue weighted by Crippen LogP contribution is 2.07. The van der Waals surface area contributed by atoms with Crippen LogP contribution in [0.4, 0.5) is 4.79 Å². The summed E-state index contributed by atoms with van der Waals surface area (Å²) in [6.45, 7) is 3.87. The molecule has 1 heterocycles. The lowest BCUT2D eigenvalue weighted by Gasteiger charge is -2.33. The zero-order valence-corrected chi connectivity index (χ0v) is 15.6. The normalized spacial score (nSPS) is 14.9. The Kier molecular flexibility index (Phi) is 8.51. The van der Waals surface area contributed by atoms with E-state index in [1.165, 1.54) is 13.2 Å². The largest absolute Gasteiger partial charge is 0.469 e. The van der Waals surface area contributed by atoms with Gasteiger partial charge in [-0.05, 0) is 18.1 Å². The second-order valence-corrected chi connectivity index (χ2v) is 6.28. The third kappa shape index (κ3) is 7.62. The van der Waals surface area contributed by atoms with Gasteiger partial charge in [0.15, 0.2) is 5.78 Å². The molecular weight excluding hydrogens is 348 g/mol. The summed E-state index contributed by atoms with van der Waals surface area (Å²) in [5.74, 6) is -0.784. The first kappa shape index (κ1) is 20.6. The number of allylic oxidation sites excluding steroid dienone is 1. The summed E-state index contributed by atoms with van der Waals surface area (Å²) in [5, 5.41) is 0. The molecule has 7 nitrogen and oxygen atoms in total. The number of benzene rings is 1. The number of amides is 1. The molecule has 1 aromatic carbocycles. The van der Waals surface area contributed by atoms with E-state index in [2.05, 4.69) is 9.64 Å². The summed E-state index contributed by atoms with van der Waals surface area (Å²) in [7, 11) is 1.26. The van der Waals surface area contributed by atoms with Crippen LogP contribution in [0.15, 0.2) is 42.5 Å². The van der Waals surface area contributed by atoms with E-state index in [0.29, 0.717) is 19.5 Å². The summed E-state index contributed by atoms with van der Waals surface area (Å²) in [6, 6.07) is 9.61. The second kappa shape index (κ2) is 11.1. The van der Waals surface area contributed by atoms with Crippen LogP contribution in [-0.4, -0.2) is 67.5 Å². The summed E-state index contributed by atoms with van der Waals surface area (Å²) in [6.07, 6.45) is 3.40. The van der Waals surface area contributed by atoms with Crippen molar-refractivity contribution in [2.45, 2.75) is 19.4 Å². The van der Waals surface area contributed by atoms with Crippen LogP contribution < -0.4 is 0 Å². The maximum atomic E-state index is 12.1. The lowest BCUT2D eigenvalue weighted by Crippen LogP contribution is -2.48. The third-order valence-corrected chi connectivity index (χ3v) is 4.30. The molecule has 0 unspecified atom stereocenters. The molecule has 27 heavy (non-hydrogen) atoms. The van der Waals surface area contributed by atoms with Gasteiger partial charge in [-0.1, -0.05) is 36.4 Å². The van der Waals surface area contributed by atoms with E-state index < -0.39 is 5.97 Å².